The molecule has 0 unspecified atom stereocenters. The van der Waals surface area contributed by atoms with Gasteiger partial charge in [0.2, 0.25) is 0 Å². The molecule has 0 atom stereocenters. The molecule has 0 amide bonds. The molecule has 0 saturated carbocycles. The van der Waals surface area contributed by atoms with Gasteiger partial charge in [-0.25, -0.2) is 0 Å². The van der Waals surface area contributed by atoms with Crippen molar-refractivity contribution in [3.05, 3.63) is 28.1 Å². The number of hydrogen-bond acceptors (Lipinski definition) is 2. The SMILES string of the molecule is Ic1cn(CCN2CCCCC2)c2cccnc12. The molecule has 1 fully saturated rings. The molecule has 2 aromatic heterocycles. The number of aromatic nitrogens is 2. The summed E-state index contributed by atoms with van der Waals surface area (Å²) in [6.07, 6.45) is 8.24. The number of piperidine rings is 1. The molecule has 0 N–H and O–H groups in total. The molecule has 0 aromatic carbocycles. The van der Waals surface area contributed by atoms with Crippen molar-refractivity contribution in [3.63, 3.8) is 0 Å². The van der Waals surface area contributed by atoms with E-state index in [0.29, 0.717) is 0 Å². The Kier molecular flexibility index (Phi) is 3.84. The molecular weight excluding hydrogens is 337 g/mol. The summed E-state index contributed by atoms with van der Waals surface area (Å²) in [6.45, 7) is 4.78. The molecule has 18 heavy (non-hydrogen) atoms. The van der Waals surface area contributed by atoms with Gasteiger partial charge >= 0.3 is 0 Å². The minimum atomic E-state index is 1.07. The Bertz CT molecular complexity index is 529. The van der Waals surface area contributed by atoms with E-state index in [-0.39, 0.29) is 0 Å². The van der Waals surface area contributed by atoms with E-state index in [1.165, 1.54) is 41.4 Å². The highest BCUT2D eigenvalue weighted by atomic mass is 127. The third-order valence-corrected chi connectivity index (χ3v) is 4.49. The van der Waals surface area contributed by atoms with Crippen LogP contribution < -0.4 is 0 Å². The van der Waals surface area contributed by atoms with Crippen molar-refractivity contribution in [1.29, 1.82) is 0 Å². The Labute approximate surface area is 121 Å². The van der Waals surface area contributed by atoms with Gasteiger partial charge in [-0.2, -0.15) is 0 Å². The van der Waals surface area contributed by atoms with Crippen molar-refractivity contribution in [2.24, 2.45) is 0 Å². The van der Waals surface area contributed by atoms with Crippen LogP contribution in [0.15, 0.2) is 24.5 Å². The lowest BCUT2D eigenvalue weighted by molar-refractivity contribution is 0.221. The third-order valence-electron chi connectivity index (χ3n) is 3.70. The van der Waals surface area contributed by atoms with Gasteiger partial charge in [-0.1, -0.05) is 6.42 Å². The lowest BCUT2D eigenvalue weighted by atomic mass is 10.1. The Morgan fingerprint density at radius 3 is 2.83 bits per heavy atom. The van der Waals surface area contributed by atoms with Crippen LogP contribution in [0, 0.1) is 3.57 Å². The number of fused-ring (bicyclic) bond motifs is 1. The predicted octanol–water partition coefficient (Wildman–Crippen LogP) is 3.13. The fourth-order valence-corrected chi connectivity index (χ4v) is 3.45. The molecule has 1 aliphatic rings. The standard InChI is InChI=1S/C14H18IN3/c15-12-11-18(13-5-4-6-16-14(12)13)10-9-17-7-2-1-3-8-17/h4-6,11H,1-3,7-10H2. The minimum absolute atomic E-state index is 1.07. The first-order chi connectivity index (χ1) is 8.84. The number of pyridine rings is 1. The van der Waals surface area contributed by atoms with Gasteiger partial charge in [-0.05, 0) is 60.7 Å². The smallest absolute Gasteiger partial charge is 0.101 e. The zero-order valence-corrected chi connectivity index (χ0v) is 12.6. The van der Waals surface area contributed by atoms with E-state index in [2.05, 4.69) is 49.3 Å². The van der Waals surface area contributed by atoms with Gasteiger partial charge in [-0.3, -0.25) is 4.98 Å². The van der Waals surface area contributed by atoms with E-state index < -0.39 is 0 Å². The Morgan fingerprint density at radius 1 is 1.17 bits per heavy atom. The van der Waals surface area contributed by atoms with Crippen molar-refractivity contribution in [3.8, 4) is 0 Å². The van der Waals surface area contributed by atoms with Gasteiger partial charge in [0, 0.05) is 25.5 Å². The largest absolute Gasteiger partial charge is 0.344 e. The molecule has 1 saturated heterocycles. The molecule has 96 valence electrons. The number of hydrogen-bond donors (Lipinski definition) is 0. The summed E-state index contributed by atoms with van der Waals surface area (Å²) in [4.78, 5) is 7.04. The second kappa shape index (κ2) is 5.57. The molecule has 0 aliphatic carbocycles. The number of likely N-dealkylation sites (tertiary alicyclic amines) is 1. The van der Waals surface area contributed by atoms with E-state index in [9.17, 15) is 0 Å². The van der Waals surface area contributed by atoms with Gasteiger partial charge in [-0.15, -0.1) is 0 Å². The molecule has 0 bridgehead atoms. The fourth-order valence-electron chi connectivity index (χ4n) is 2.70. The maximum atomic E-state index is 4.45. The number of nitrogens with zero attached hydrogens (tertiary/aromatic N) is 3. The van der Waals surface area contributed by atoms with E-state index in [4.69, 9.17) is 0 Å². The van der Waals surface area contributed by atoms with Crippen LogP contribution in [-0.2, 0) is 6.54 Å². The predicted molar refractivity (Wildman–Crippen MR) is 82.7 cm³/mol. The first-order valence-electron chi connectivity index (χ1n) is 6.66. The van der Waals surface area contributed by atoms with Crippen LogP contribution in [0.3, 0.4) is 0 Å². The van der Waals surface area contributed by atoms with Crippen LogP contribution in [0.5, 0.6) is 0 Å². The first kappa shape index (κ1) is 12.4. The van der Waals surface area contributed by atoms with Crippen LogP contribution in [0.4, 0.5) is 0 Å². The molecule has 2 aromatic rings. The fraction of sp³-hybridized carbons (Fsp3) is 0.500. The normalized spacial score (nSPS) is 17.4. The lowest BCUT2D eigenvalue weighted by Gasteiger charge is -2.26. The Hall–Kier alpha value is -0.620. The van der Waals surface area contributed by atoms with Crippen molar-refractivity contribution in [2.45, 2.75) is 25.8 Å². The quantitative estimate of drug-likeness (QED) is 0.789. The molecule has 3 heterocycles. The van der Waals surface area contributed by atoms with Crippen molar-refractivity contribution < 1.29 is 0 Å². The van der Waals surface area contributed by atoms with Crippen molar-refractivity contribution >= 4 is 33.6 Å². The summed E-state index contributed by atoms with van der Waals surface area (Å²) in [5.74, 6) is 0. The van der Waals surface area contributed by atoms with E-state index in [1.54, 1.807) is 0 Å². The molecule has 3 rings (SSSR count). The lowest BCUT2D eigenvalue weighted by Crippen LogP contribution is -2.32. The highest BCUT2D eigenvalue weighted by molar-refractivity contribution is 14.1. The Balaban J connectivity index is 1.74. The topological polar surface area (TPSA) is 21.1 Å². The zero-order chi connectivity index (χ0) is 12.4. The molecular formula is C14H18IN3. The average Bonchev–Trinajstić information content (AvgIpc) is 2.75. The van der Waals surface area contributed by atoms with Gasteiger partial charge in [0.25, 0.3) is 0 Å². The van der Waals surface area contributed by atoms with E-state index in [0.717, 1.165) is 18.6 Å². The second-order valence-corrected chi connectivity index (χ2v) is 6.11. The Morgan fingerprint density at radius 2 is 2.00 bits per heavy atom. The second-order valence-electron chi connectivity index (χ2n) is 4.94. The molecule has 0 radical (unpaired) electrons. The third kappa shape index (κ3) is 2.54. The molecule has 3 nitrogen and oxygen atoms in total. The highest BCUT2D eigenvalue weighted by Gasteiger charge is 2.11. The van der Waals surface area contributed by atoms with Crippen molar-refractivity contribution in [2.75, 3.05) is 19.6 Å². The molecule has 0 spiro atoms. The van der Waals surface area contributed by atoms with E-state index >= 15 is 0 Å². The first-order valence-corrected chi connectivity index (χ1v) is 7.74. The van der Waals surface area contributed by atoms with Crippen LogP contribution in [-0.4, -0.2) is 34.1 Å². The average molecular weight is 355 g/mol. The molecule has 4 heteroatoms. The van der Waals surface area contributed by atoms with Crippen molar-refractivity contribution in [1.82, 2.24) is 14.5 Å². The zero-order valence-electron chi connectivity index (χ0n) is 10.5. The summed E-state index contributed by atoms with van der Waals surface area (Å²) in [6, 6.07) is 4.19. The van der Waals surface area contributed by atoms with Gasteiger partial charge < -0.3 is 9.47 Å². The van der Waals surface area contributed by atoms with Gasteiger partial charge in [0.15, 0.2) is 0 Å². The number of halogens is 1. The summed E-state index contributed by atoms with van der Waals surface area (Å²) in [5.41, 5.74) is 2.40. The van der Waals surface area contributed by atoms with Gasteiger partial charge in [0.05, 0.1) is 9.09 Å². The summed E-state index contributed by atoms with van der Waals surface area (Å²) < 4.78 is 3.60. The van der Waals surface area contributed by atoms with Crippen LogP contribution >= 0.6 is 22.6 Å². The molecule has 1 aliphatic heterocycles. The van der Waals surface area contributed by atoms with Crippen LogP contribution in [0.2, 0.25) is 0 Å². The van der Waals surface area contributed by atoms with Crippen LogP contribution in [0.1, 0.15) is 19.3 Å². The maximum absolute atomic E-state index is 4.45. The highest BCUT2D eigenvalue weighted by Crippen LogP contribution is 2.20. The summed E-state index contributed by atoms with van der Waals surface area (Å²) in [7, 11) is 0. The van der Waals surface area contributed by atoms with Crippen LogP contribution in [0.25, 0.3) is 11.0 Å². The van der Waals surface area contributed by atoms with Gasteiger partial charge in [0.1, 0.15) is 5.52 Å². The minimum Gasteiger partial charge on any atom is -0.344 e. The summed E-state index contributed by atoms with van der Waals surface area (Å²) >= 11 is 2.38. The monoisotopic (exact) mass is 355 g/mol. The van der Waals surface area contributed by atoms with E-state index in [1.807, 2.05) is 12.3 Å². The number of rotatable bonds is 3. The maximum Gasteiger partial charge on any atom is 0.101 e. The summed E-state index contributed by atoms with van der Waals surface area (Å²) in [5, 5.41) is 0.